The number of hydrogen-bond donors (Lipinski definition) is 2. The van der Waals surface area contributed by atoms with Gasteiger partial charge in [0.05, 0.1) is 10.5 Å². The van der Waals surface area contributed by atoms with Gasteiger partial charge in [0.25, 0.3) is 10.0 Å². The highest BCUT2D eigenvalue weighted by molar-refractivity contribution is 7.92. The fourth-order valence-corrected chi connectivity index (χ4v) is 3.08. The van der Waals surface area contributed by atoms with Gasteiger partial charge in [-0.05, 0) is 48.9 Å². The van der Waals surface area contributed by atoms with Gasteiger partial charge in [-0.1, -0.05) is 6.07 Å². The summed E-state index contributed by atoms with van der Waals surface area (Å²) in [6, 6.07) is 8.64. The van der Waals surface area contributed by atoms with E-state index >= 15 is 0 Å². The molecule has 0 bridgehead atoms. The molecule has 0 atom stereocenters. The molecule has 0 aliphatic heterocycles. The molecule has 0 spiro atoms. The molecular formula is C14H12FNO4S. The Morgan fingerprint density at radius 1 is 1.14 bits per heavy atom. The van der Waals surface area contributed by atoms with Crippen molar-refractivity contribution in [1.29, 1.82) is 0 Å². The molecular weight excluding hydrogens is 297 g/mol. The van der Waals surface area contributed by atoms with Crippen LogP contribution in [0.5, 0.6) is 0 Å². The monoisotopic (exact) mass is 309 g/mol. The van der Waals surface area contributed by atoms with Crippen LogP contribution in [0.25, 0.3) is 0 Å². The average Bonchev–Trinajstić information content (AvgIpc) is 2.41. The van der Waals surface area contributed by atoms with Crippen LogP contribution < -0.4 is 4.72 Å². The van der Waals surface area contributed by atoms with Gasteiger partial charge in [-0.15, -0.1) is 0 Å². The predicted octanol–water partition coefficient (Wildman–Crippen LogP) is 2.63. The predicted molar refractivity (Wildman–Crippen MR) is 75.3 cm³/mol. The Morgan fingerprint density at radius 3 is 2.33 bits per heavy atom. The van der Waals surface area contributed by atoms with E-state index in [1.54, 1.807) is 6.92 Å². The largest absolute Gasteiger partial charge is 0.478 e. The summed E-state index contributed by atoms with van der Waals surface area (Å²) in [7, 11) is -3.95. The zero-order valence-corrected chi connectivity index (χ0v) is 11.8. The molecule has 0 aliphatic carbocycles. The van der Waals surface area contributed by atoms with Crippen molar-refractivity contribution in [3.63, 3.8) is 0 Å². The number of carboxylic acids is 1. The van der Waals surface area contributed by atoms with Crippen molar-refractivity contribution in [2.75, 3.05) is 4.72 Å². The van der Waals surface area contributed by atoms with Crippen LogP contribution in [0.4, 0.5) is 10.1 Å². The molecule has 2 aromatic carbocycles. The number of aryl methyl sites for hydroxylation is 1. The van der Waals surface area contributed by atoms with Gasteiger partial charge in [0, 0.05) is 5.69 Å². The lowest BCUT2D eigenvalue weighted by Gasteiger charge is -2.11. The minimum atomic E-state index is -3.95. The van der Waals surface area contributed by atoms with Crippen molar-refractivity contribution in [2.24, 2.45) is 0 Å². The number of halogens is 1. The van der Waals surface area contributed by atoms with Crippen molar-refractivity contribution in [1.82, 2.24) is 0 Å². The van der Waals surface area contributed by atoms with E-state index in [2.05, 4.69) is 4.72 Å². The number of carbonyl (C=O) groups is 1. The number of nitrogens with one attached hydrogen (secondary N) is 1. The molecule has 2 aromatic rings. The number of benzene rings is 2. The van der Waals surface area contributed by atoms with Gasteiger partial charge in [0.15, 0.2) is 0 Å². The summed E-state index contributed by atoms with van der Waals surface area (Å²) in [4.78, 5) is 10.8. The topological polar surface area (TPSA) is 83.5 Å². The van der Waals surface area contributed by atoms with Crippen LogP contribution in [0.15, 0.2) is 47.4 Å². The first-order chi connectivity index (χ1) is 9.79. The number of anilines is 1. The van der Waals surface area contributed by atoms with Crippen LogP contribution in [-0.4, -0.2) is 19.5 Å². The first-order valence-corrected chi connectivity index (χ1v) is 7.40. The van der Waals surface area contributed by atoms with Crippen molar-refractivity contribution < 1.29 is 22.7 Å². The second-order valence-corrected chi connectivity index (χ2v) is 6.05. The highest BCUT2D eigenvalue weighted by Gasteiger charge is 2.19. The van der Waals surface area contributed by atoms with Crippen molar-refractivity contribution in [2.45, 2.75) is 11.8 Å². The molecule has 110 valence electrons. The Kier molecular flexibility index (Phi) is 3.95. The third kappa shape index (κ3) is 3.38. The van der Waals surface area contributed by atoms with E-state index in [0.717, 1.165) is 18.2 Å². The van der Waals surface area contributed by atoms with E-state index in [9.17, 15) is 17.6 Å². The van der Waals surface area contributed by atoms with Crippen molar-refractivity contribution in [3.05, 3.63) is 59.4 Å². The van der Waals surface area contributed by atoms with Crippen molar-refractivity contribution >= 4 is 21.7 Å². The van der Waals surface area contributed by atoms with E-state index in [0.29, 0.717) is 5.56 Å². The second kappa shape index (κ2) is 5.53. The van der Waals surface area contributed by atoms with Gasteiger partial charge in [0.2, 0.25) is 0 Å². The van der Waals surface area contributed by atoms with Crippen LogP contribution in [0.1, 0.15) is 15.9 Å². The molecule has 0 aromatic heterocycles. The van der Waals surface area contributed by atoms with Crippen LogP contribution in [-0.2, 0) is 10.0 Å². The van der Waals surface area contributed by atoms with E-state index in [1.165, 1.54) is 24.3 Å². The molecule has 0 unspecified atom stereocenters. The molecule has 7 heteroatoms. The van der Waals surface area contributed by atoms with Crippen LogP contribution in [0, 0.1) is 12.7 Å². The summed E-state index contributed by atoms with van der Waals surface area (Å²) in [5.74, 6) is -1.70. The maximum Gasteiger partial charge on any atom is 0.335 e. The lowest BCUT2D eigenvalue weighted by Crippen LogP contribution is -2.15. The molecule has 21 heavy (non-hydrogen) atoms. The van der Waals surface area contributed by atoms with Crippen molar-refractivity contribution in [3.8, 4) is 0 Å². The first kappa shape index (κ1) is 15.0. The molecule has 2 N–H and O–H groups in total. The van der Waals surface area contributed by atoms with Gasteiger partial charge in [-0.25, -0.2) is 17.6 Å². The normalized spacial score (nSPS) is 11.1. The van der Waals surface area contributed by atoms with E-state index in [1.807, 2.05) is 0 Å². The smallest absolute Gasteiger partial charge is 0.335 e. The Bertz CT molecular complexity index is 785. The summed E-state index contributed by atoms with van der Waals surface area (Å²) in [6.07, 6.45) is 0. The van der Waals surface area contributed by atoms with Crippen LogP contribution >= 0.6 is 0 Å². The van der Waals surface area contributed by atoms with E-state index in [4.69, 9.17) is 5.11 Å². The van der Waals surface area contributed by atoms with E-state index in [-0.39, 0.29) is 16.1 Å². The standard InChI is InChI=1S/C14H12FNO4S/c1-9-2-3-10(14(17)18)8-13(9)21(19,20)16-12-6-4-11(15)5-7-12/h2-8,16H,1H3,(H,17,18). The third-order valence-corrected chi connectivity index (χ3v) is 4.34. The Morgan fingerprint density at radius 2 is 1.76 bits per heavy atom. The minimum Gasteiger partial charge on any atom is -0.478 e. The fourth-order valence-electron chi connectivity index (χ4n) is 1.75. The molecule has 0 heterocycles. The number of hydrogen-bond acceptors (Lipinski definition) is 3. The summed E-state index contributed by atoms with van der Waals surface area (Å²) < 4.78 is 39.7. The summed E-state index contributed by atoms with van der Waals surface area (Å²) in [6.45, 7) is 1.56. The molecule has 5 nitrogen and oxygen atoms in total. The Balaban J connectivity index is 2.41. The lowest BCUT2D eigenvalue weighted by atomic mass is 10.1. The average molecular weight is 309 g/mol. The molecule has 0 radical (unpaired) electrons. The quantitative estimate of drug-likeness (QED) is 0.909. The lowest BCUT2D eigenvalue weighted by molar-refractivity contribution is 0.0696. The number of rotatable bonds is 4. The zero-order valence-electron chi connectivity index (χ0n) is 11.0. The second-order valence-electron chi connectivity index (χ2n) is 4.40. The van der Waals surface area contributed by atoms with Gasteiger partial charge in [-0.2, -0.15) is 0 Å². The van der Waals surface area contributed by atoms with Gasteiger partial charge < -0.3 is 5.11 Å². The maximum absolute atomic E-state index is 12.8. The van der Waals surface area contributed by atoms with Gasteiger partial charge >= 0.3 is 5.97 Å². The van der Waals surface area contributed by atoms with E-state index < -0.39 is 21.8 Å². The fraction of sp³-hybridized carbons (Fsp3) is 0.0714. The first-order valence-electron chi connectivity index (χ1n) is 5.92. The zero-order chi connectivity index (χ0) is 15.6. The Hall–Kier alpha value is -2.41. The summed E-state index contributed by atoms with van der Waals surface area (Å²) in [5.41, 5.74) is 0.478. The maximum atomic E-state index is 12.8. The van der Waals surface area contributed by atoms with Crippen LogP contribution in [0.2, 0.25) is 0 Å². The molecule has 0 saturated carbocycles. The molecule has 0 amide bonds. The van der Waals surface area contributed by atoms with Crippen LogP contribution in [0.3, 0.4) is 0 Å². The minimum absolute atomic E-state index is 0.125. The highest BCUT2D eigenvalue weighted by atomic mass is 32.2. The summed E-state index contributed by atoms with van der Waals surface area (Å²) in [5, 5.41) is 8.93. The van der Waals surface area contributed by atoms with Gasteiger partial charge in [-0.3, -0.25) is 4.72 Å². The number of sulfonamides is 1. The molecule has 2 rings (SSSR count). The van der Waals surface area contributed by atoms with Gasteiger partial charge in [0.1, 0.15) is 5.82 Å². The SMILES string of the molecule is Cc1ccc(C(=O)O)cc1S(=O)(=O)Nc1ccc(F)cc1. The number of aromatic carboxylic acids is 1. The molecule has 0 aliphatic rings. The number of carboxylic acid groups (broad SMARTS) is 1. The highest BCUT2D eigenvalue weighted by Crippen LogP contribution is 2.21. The Labute approximate surface area is 121 Å². The summed E-state index contributed by atoms with van der Waals surface area (Å²) >= 11 is 0. The molecule has 0 saturated heterocycles. The third-order valence-electron chi connectivity index (χ3n) is 2.82. The molecule has 0 fully saturated rings.